The van der Waals surface area contributed by atoms with Crippen molar-refractivity contribution in [3.05, 3.63) is 82.7 Å². The molecule has 0 atom stereocenters. The van der Waals surface area contributed by atoms with E-state index in [-0.39, 0.29) is 5.69 Å². The number of nitro groups is 1. The van der Waals surface area contributed by atoms with Crippen LogP contribution in [-0.4, -0.2) is 17.0 Å². The second-order valence-electron chi connectivity index (χ2n) is 5.29. The number of pyridine rings is 1. The molecule has 3 rings (SSSR count). The largest absolute Gasteiger partial charge is 0.493 e. The van der Waals surface area contributed by atoms with Crippen molar-refractivity contribution in [2.24, 2.45) is 0 Å². The number of methoxy groups -OCH3 is 1. The lowest BCUT2D eigenvalue weighted by Gasteiger charge is -2.13. The minimum absolute atomic E-state index is 0.0462. The molecule has 0 aliphatic carbocycles. The molecule has 0 aliphatic heterocycles. The zero-order valence-electron chi connectivity index (χ0n) is 13.6. The van der Waals surface area contributed by atoms with Gasteiger partial charge in [-0.1, -0.05) is 30.3 Å². The van der Waals surface area contributed by atoms with Crippen LogP contribution in [-0.2, 0) is 6.61 Å². The summed E-state index contributed by atoms with van der Waals surface area (Å²) in [4.78, 5) is 15.0. The van der Waals surface area contributed by atoms with Crippen molar-refractivity contribution in [2.75, 3.05) is 7.11 Å². The molecule has 25 heavy (non-hydrogen) atoms. The van der Waals surface area contributed by atoms with Gasteiger partial charge in [0.2, 0.25) is 0 Å². The van der Waals surface area contributed by atoms with Crippen LogP contribution in [0.25, 0.3) is 11.1 Å². The molecule has 126 valence electrons. The third kappa shape index (κ3) is 3.74. The second kappa shape index (κ2) is 7.44. The van der Waals surface area contributed by atoms with E-state index in [1.54, 1.807) is 30.6 Å². The third-order valence-corrected chi connectivity index (χ3v) is 3.71. The highest BCUT2D eigenvalue weighted by molar-refractivity contribution is 5.76. The van der Waals surface area contributed by atoms with Gasteiger partial charge in [0, 0.05) is 12.4 Å². The van der Waals surface area contributed by atoms with Crippen LogP contribution in [0.2, 0.25) is 0 Å². The lowest BCUT2D eigenvalue weighted by Crippen LogP contribution is -2.00. The first-order valence-corrected chi connectivity index (χ1v) is 7.62. The highest BCUT2D eigenvalue weighted by Gasteiger charge is 2.21. The minimum atomic E-state index is -0.426. The van der Waals surface area contributed by atoms with Crippen molar-refractivity contribution >= 4 is 5.69 Å². The Kier molecular flexibility index (Phi) is 4.89. The van der Waals surface area contributed by atoms with Gasteiger partial charge in [-0.3, -0.25) is 15.1 Å². The van der Waals surface area contributed by atoms with Gasteiger partial charge in [0.25, 0.3) is 5.69 Å². The van der Waals surface area contributed by atoms with Gasteiger partial charge in [0.1, 0.15) is 6.61 Å². The normalized spacial score (nSPS) is 10.3. The molecule has 3 aromatic rings. The molecule has 0 spiro atoms. The van der Waals surface area contributed by atoms with E-state index in [0.717, 1.165) is 5.56 Å². The second-order valence-corrected chi connectivity index (χ2v) is 5.29. The summed E-state index contributed by atoms with van der Waals surface area (Å²) < 4.78 is 11.1. The van der Waals surface area contributed by atoms with Gasteiger partial charge in [-0.25, -0.2) is 0 Å². The van der Waals surface area contributed by atoms with Crippen molar-refractivity contribution in [3.8, 4) is 22.6 Å². The summed E-state index contributed by atoms with van der Waals surface area (Å²) in [6, 6.07) is 16.0. The first-order chi connectivity index (χ1) is 12.2. The zero-order valence-corrected chi connectivity index (χ0v) is 13.6. The summed E-state index contributed by atoms with van der Waals surface area (Å²) in [6.45, 7) is 0.295. The van der Waals surface area contributed by atoms with Gasteiger partial charge in [0.05, 0.1) is 23.7 Å². The fraction of sp³-hybridized carbons (Fsp3) is 0.105. The van der Waals surface area contributed by atoms with Crippen LogP contribution in [0, 0.1) is 10.1 Å². The molecule has 1 heterocycles. The molecular formula is C19H16N2O4. The first-order valence-electron chi connectivity index (χ1n) is 7.62. The number of hydrogen-bond donors (Lipinski definition) is 0. The van der Waals surface area contributed by atoms with E-state index >= 15 is 0 Å². The van der Waals surface area contributed by atoms with E-state index in [0.29, 0.717) is 29.2 Å². The number of nitrogens with zero attached hydrogens (tertiary/aromatic N) is 2. The van der Waals surface area contributed by atoms with Gasteiger partial charge in [-0.15, -0.1) is 0 Å². The van der Waals surface area contributed by atoms with E-state index in [1.165, 1.54) is 13.2 Å². The Labute approximate surface area is 144 Å². The van der Waals surface area contributed by atoms with Crippen LogP contribution < -0.4 is 9.47 Å². The topological polar surface area (TPSA) is 74.5 Å². The highest BCUT2D eigenvalue weighted by Crippen LogP contribution is 2.40. The summed E-state index contributed by atoms with van der Waals surface area (Å²) in [7, 11) is 1.51. The average Bonchev–Trinajstić information content (AvgIpc) is 2.67. The van der Waals surface area contributed by atoms with Crippen molar-refractivity contribution in [1.29, 1.82) is 0 Å². The summed E-state index contributed by atoms with van der Waals surface area (Å²) >= 11 is 0. The van der Waals surface area contributed by atoms with Gasteiger partial charge in [-0.2, -0.15) is 0 Å². The zero-order chi connectivity index (χ0) is 17.6. The molecule has 6 heteroatoms. The Bertz CT molecular complexity index is 867. The SMILES string of the molecule is COc1cc(-c2ccncc2)c([N+](=O)[O-])cc1OCc1ccccc1. The van der Waals surface area contributed by atoms with E-state index in [9.17, 15) is 10.1 Å². The van der Waals surface area contributed by atoms with Crippen LogP contribution >= 0.6 is 0 Å². The maximum absolute atomic E-state index is 11.5. The number of aromatic nitrogens is 1. The Balaban J connectivity index is 1.99. The van der Waals surface area contributed by atoms with Crippen molar-refractivity contribution in [3.63, 3.8) is 0 Å². The monoisotopic (exact) mass is 336 g/mol. The van der Waals surface area contributed by atoms with Gasteiger partial charge >= 0.3 is 0 Å². The molecule has 0 fully saturated rings. The third-order valence-electron chi connectivity index (χ3n) is 3.71. The molecule has 0 N–H and O–H groups in total. The summed E-state index contributed by atoms with van der Waals surface area (Å²) in [5.41, 5.74) is 2.06. The lowest BCUT2D eigenvalue weighted by atomic mass is 10.0. The molecule has 0 saturated carbocycles. The molecule has 0 amide bonds. The van der Waals surface area contributed by atoms with Gasteiger partial charge in [-0.05, 0) is 29.3 Å². The first kappa shape index (κ1) is 16.4. The summed E-state index contributed by atoms with van der Waals surface area (Å²) in [5.74, 6) is 0.768. The average molecular weight is 336 g/mol. The number of ether oxygens (including phenoxy) is 2. The predicted molar refractivity (Wildman–Crippen MR) is 93.7 cm³/mol. The molecular weight excluding hydrogens is 320 g/mol. The molecule has 0 saturated heterocycles. The molecule has 1 aromatic heterocycles. The highest BCUT2D eigenvalue weighted by atomic mass is 16.6. The van der Waals surface area contributed by atoms with E-state index in [1.807, 2.05) is 30.3 Å². The van der Waals surface area contributed by atoms with Crippen LogP contribution in [0.15, 0.2) is 67.0 Å². The fourth-order valence-electron chi connectivity index (χ4n) is 2.47. The molecule has 0 unspecified atom stereocenters. The quantitative estimate of drug-likeness (QED) is 0.497. The van der Waals surface area contributed by atoms with Crippen molar-refractivity contribution < 1.29 is 14.4 Å². The van der Waals surface area contributed by atoms with Crippen LogP contribution in [0.3, 0.4) is 0 Å². The number of nitro benzene ring substituents is 1. The van der Waals surface area contributed by atoms with Gasteiger partial charge < -0.3 is 9.47 Å². The molecule has 2 aromatic carbocycles. The van der Waals surface area contributed by atoms with Crippen LogP contribution in [0.1, 0.15) is 5.56 Å². The maximum Gasteiger partial charge on any atom is 0.281 e. The minimum Gasteiger partial charge on any atom is -0.493 e. The standard InChI is InChI=1S/C19H16N2O4/c1-24-18-11-16(15-7-9-20-10-8-15)17(21(22)23)12-19(18)25-13-14-5-3-2-4-6-14/h2-12H,13H2,1H3. The van der Waals surface area contributed by atoms with Crippen LogP contribution in [0.4, 0.5) is 5.69 Å². The Morgan fingerprint density at radius 1 is 1.04 bits per heavy atom. The number of rotatable bonds is 6. The number of benzene rings is 2. The Morgan fingerprint density at radius 3 is 2.40 bits per heavy atom. The molecule has 0 aliphatic rings. The Morgan fingerprint density at radius 2 is 1.76 bits per heavy atom. The number of hydrogen-bond acceptors (Lipinski definition) is 5. The van der Waals surface area contributed by atoms with Gasteiger partial charge in [0.15, 0.2) is 11.5 Å². The maximum atomic E-state index is 11.5. The van der Waals surface area contributed by atoms with E-state index in [2.05, 4.69) is 4.98 Å². The Hall–Kier alpha value is -3.41. The summed E-state index contributed by atoms with van der Waals surface area (Å²) in [5, 5.41) is 11.5. The molecule has 0 radical (unpaired) electrons. The van der Waals surface area contributed by atoms with Crippen LogP contribution in [0.5, 0.6) is 11.5 Å². The van der Waals surface area contributed by atoms with Crippen molar-refractivity contribution in [1.82, 2.24) is 4.98 Å². The van der Waals surface area contributed by atoms with E-state index < -0.39 is 4.92 Å². The van der Waals surface area contributed by atoms with E-state index in [4.69, 9.17) is 9.47 Å². The smallest absolute Gasteiger partial charge is 0.281 e. The molecule has 0 bridgehead atoms. The van der Waals surface area contributed by atoms with Crippen molar-refractivity contribution in [2.45, 2.75) is 6.61 Å². The fourth-order valence-corrected chi connectivity index (χ4v) is 2.47. The molecule has 6 nitrogen and oxygen atoms in total. The summed E-state index contributed by atoms with van der Waals surface area (Å²) in [6.07, 6.45) is 3.18. The lowest BCUT2D eigenvalue weighted by molar-refractivity contribution is -0.384. The predicted octanol–water partition coefficient (Wildman–Crippen LogP) is 4.24.